The summed E-state index contributed by atoms with van der Waals surface area (Å²) in [5.41, 5.74) is 1.55. The molecule has 1 fully saturated rings. The standard InChI is InChI=1S/C25H38N2O3/c1-4-7-17-27-22-13-12-20(23(28)26-15-10-9-11-16-26)19-21(22)25(14-6-3,24(27)29)30-18-8-5-2/h12-13,19H,4-11,14-18H2,1-3H3. The van der Waals surface area contributed by atoms with E-state index in [1.807, 2.05) is 28.0 Å². The molecule has 3 rings (SSSR count). The molecule has 0 spiro atoms. The van der Waals surface area contributed by atoms with Crippen molar-refractivity contribution in [3.05, 3.63) is 29.3 Å². The van der Waals surface area contributed by atoms with Gasteiger partial charge in [-0.15, -0.1) is 0 Å². The highest BCUT2D eigenvalue weighted by Gasteiger charge is 2.51. The van der Waals surface area contributed by atoms with Gasteiger partial charge in [-0.1, -0.05) is 40.0 Å². The highest BCUT2D eigenvalue weighted by Crippen LogP contribution is 2.46. The van der Waals surface area contributed by atoms with E-state index in [-0.39, 0.29) is 11.8 Å². The van der Waals surface area contributed by atoms with Gasteiger partial charge in [-0.25, -0.2) is 0 Å². The number of anilines is 1. The van der Waals surface area contributed by atoms with E-state index in [1.165, 1.54) is 6.42 Å². The molecule has 1 unspecified atom stereocenters. The van der Waals surface area contributed by atoms with Crippen molar-refractivity contribution in [1.82, 2.24) is 4.90 Å². The SMILES string of the molecule is CCCCOC1(CCC)C(=O)N(CCCC)c2ccc(C(=O)N3CCCCC3)cc21. The van der Waals surface area contributed by atoms with Gasteiger partial charge in [0.25, 0.3) is 11.8 Å². The van der Waals surface area contributed by atoms with Crippen LogP contribution in [0.1, 0.15) is 94.5 Å². The second-order valence-corrected chi connectivity index (χ2v) is 8.67. The van der Waals surface area contributed by atoms with Gasteiger partial charge in [0.05, 0.1) is 5.69 Å². The van der Waals surface area contributed by atoms with Crippen LogP contribution in [0.25, 0.3) is 0 Å². The molecule has 0 aromatic heterocycles. The van der Waals surface area contributed by atoms with Crippen LogP contribution in [-0.4, -0.2) is 43.0 Å². The van der Waals surface area contributed by atoms with Crippen LogP contribution in [0.4, 0.5) is 5.69 Å². The Morgan fingerprint density at radius 3 is 2.43 bits per heavy atom. The van der Waals surface area contributed by atoms with Gasteiger partial charge < -0.3 is 14.5 Å². The minimum atomic E-state index is -0.953. The minimum Gasteiger partial charge on any atom is -0.360 e. The Morgan fingerprint density at radius 2 is 1.77 bits per heavy atom. The minimum absolute atomic E-state index is 0.0477. The van der Waals surface area contributed by atoms with E-state index in [4.69, 9.17) is 4.74 Å². The number of carbonyl (C=O) groups is 2. The molecule has 1 saturated heterocycles. The average Bonchev–Trinajstić information content (AvgIpc) is 3.00. The van der Waals surface area contributed by atoms with Gasteiger partial charge in [0.15, 0.2) is 5.60 Å². The van der Waals surface area contributed by atoms with Crippen molar-refractivity contribution in [1.29, 1.82) is 0 Å². The second-order valence-electron chi connectivity index (χ2n) is 8.67. The summed E-state index contributed by atoms with van der Waals surface area (Å²) in [5, 5.41) is 0. The van der Waals surface area contributed by atoms with Gasteiger partial charge in [-0.2, -0.15) is 0 Å². The van der Waals surface area contributed by atoms with E-state index < -0.39 is 5.60 Å². The topological polar surface area (TPSA) is 49.9 Å². The third-order valence-corrected chi connectivity index (χ3v) is 6.39. The van der Waals surface area contributed by atoms with Crippen molar-refractivity contribution in [3.8, 4) is 0 Å². The van der Waals surface area contributed by atoms with E-state index in [2.05, 4.69) is 20.8 Å². The lowest BCUT2D eigenvalue weighted by Gasteiger charge is -2.30. The molecule has 0 N–H and O–H groups in total. The van der Waals surface area contributed by atoms with Crippen LogP contribution in [0, 0.1) is 0 Å². The van der Waals surface area contributed by atoms with Gasteiger partial charge >= 0.3 is 0 Å². The van der Waals surface area contributed by atoms with Crippen LogP contribution < -0.4 is 4.90 Å². The predicted molar refractivity (Wildman–Crippen MR) is 121 cm³/mol. The van der Waals surface area contributed by atoms with E-state index in [1.54, 1.807) is 0 Å². The Hall–Kier alpha value is -1.88. The first-order valence-electron chi connectivity index (χ1n) is 12.0. The van der Waals surface area contributed by atoms with Crippen molar-refractivity contribution >= 4 is 17.5 Å². The molecule has 1 aromatic carbocycles. The predicted octanol–water partition coefficient (Wildman–Crippen LogP) is 5.27. The molecule has 2 heterocycles. The zero-order valence-electron chi connectivity index (χ0n) is 19.0. The maximum absolute atomic E-state index is 13.7. The first kappa shape index (κ1) is 22.8. The fourth-order valence-electron chi connectivity index (χ4n) is 4.68. The lowest BCUT2D eigenvalue weighted by molar-refractivity contribution is -0.145. The summed E-state index contributed by atoms with van der Waals surface area (Å²) in [6, 6.07) is 5.83. The molecule has 30 heavy (non-hydrogen) atoms. The number of hydrogen-bond donors (Lipinski definition) is 0. The number of carbonyl (C=O) groups excluding carboxylic acids is 2. The second kappa shape index (κ2) is 10.4. The van der Waals surface area contributed by atoms with Crippen LogP contribution in [0.15, 0.2) is 18.2 Å². The van der Waals surface area contributed by atoms with Crippen molar-refractivity contribution in [2.75, 3.05) is 31.1 Å². The monoisotopic (exact) mass is 414 g/mol. The first-order valence-corrected chi connectivity index (χ1v) is 12.0. The Kier molecular flexibility index (Phi) is 7.93. The van der Waals surface area contributed by atoms with E-state index >= 15 is 0 Å². The molecule has 1 atom stereocenters. The number of likely N-dealkylation sites (tertiary alicyclic amines) is 1. The number of fused-ring (bicyclic) bond motifs is 1. The zero-order chi connectivity index (χ0) is 21.6. The van der Waals surface area contributed by atoms with Crippen LogP contribution in [-0.2, 0) is 15.1 Å². The Balaban J connectivity index is 2.00. The number of ether oxygens (including phenoxy) is 1. The molecule has 2 amide bonds. The molecule has 0 bridgehead atoms. The van der Waals surface area contributed by atoms with Crippen LogP contribution >= 0.6 is 0 Å². The lowest BCUT2D eigenvalue weighted by atomic mass is 9.89. The van der Waals surface area contributed by atoms with Crippen molar-refractivity contribution < 1.29 is 14.3 Å². The van der Waals surface area contributed by atoms with Crippen LogP contribution in [0.5, 0.6) is 0 Å². The summed E-state index contributed by atoms with van der Waals surface area (Å²) in [6.07, 6.45) is 8.76. The molecule has 0 saturated carbocycles. The quantitative estimate of drug-likeness (QED) is 0.490. The fraction of sp³-hybridized carbons (Fsp3) is 0.680. The normalized spacial score (nSPS) is 21.2. The third-order valence-electron chi connectivity index (χ3n) is 6.39. The summed E-state index contributed by atoms with van der Waals surface area (Å²) in [6.45, 7) is 9.27. The summed E-state index contributed by atoms with van der Waals surface area (Å²) in [5.74, 6) is 0.127. The van der Waals surface area contributed by atoms with Gasteiger partial charge in [-0.3, -0.25) is 9.59 Å². The highest BCUT2D eigenvalue weighted by molar-refractivity contribution is 6.08. The maximum Gasteiger partial charge on any atom is 0.263 e. The largest absolute Gasteiger partial charge is 0.360 e. The molecule has 0 aliphatic carbocycles. The Morgan fingerprint density at radius 1 is 1.03 bits per heavy atom. The smallest absolute Gasteiger partial charge is 0.263 e. The van der Waals surface area contributed by atoms with Crippen LogP contribution in [0.3, 0.4) is 0 Å². The number of unbranched alkanes of at least 4 members (excludes halogenated alkanes) is 2. The molecular formula is C25H38N2O3. The zero-order valence-corrected chi connectivity index (χ0v) is 19.0. The fourth-order valence-corrected chi connectivity index (χ4v) is 4.68. The van der Waals surface area contributed by atoms with Gasteiger partial charge in [-0.05, 0) is 56.7 Å². The molecule has 2 aliphatic rings. The summed E-state index contributed by atoms with van der Waals surface area (Å²) < 4.78 is 6.38. The van der Waals surface area contributed by atoms with Gasteiger partial charge in [0.2, 0.25) is 0 Å². The molecule has 1 aromatic rings. The number of rotatable bonds is 10. The van der Waals surface area contributed by atoms with E-state index in [0.29, 0.717) is 25.1 Å². The molecule has 2 aliphatic heterocycles. The van der Waals surface area contributed by atoms with Crippen molar-refractivity contribution in [3.63, 3.8) is 0 Å². The molecular weight excluding hydrogens is 376 g/mol. The maximum atomic E-state index is 13.7. The summed E-state index contributed by atoms with van der Waals surface area (Å²) >= 11 is 0. The average molecular weight is 415 g/mol. The van der Waals surface area contributed by atoms with E-state index in [9.17, 15) is 9.59 Å². The van der Waals surface area contributed by atoms with E-state index in [0.717, 1.165) is 69.3 Å². The van der Waals surface area contributed by atoms with Gasteiger partial charge in [0, 0.05) is 37.4 Å². The number of nitrogens with zero attached hydrogens (tertiary/aromatic N) is 2. The Labute approximate surface area is 181 Å². The summed E-state index contributed by atoms with van der Waals surface area (Å²) in [4.78, 5) is 30.7. The number of hydrogen-bond acceptors (Lipinski definition) is 3. The molecule has 0 radical (unpaired) electrons. The lowest BCUT2D eigenvalue weighted by Crippen LogP contribution is -2.43. The number of amides is 2. The Bertz CT molecular complexity index is 742. The molecule has 166 valence electrons. The van der Waals surface area contributed by atoms with Crippen LogP contribution in [0.2, 0.25) is 0 Å². The van der Waals surface area contributed by atoms with Crippen molar-refractivity contribution in [2.45, 2.75) is 84.2 Å². The molecule has 5 nitrogen and oxygen atoms in total. The third kappa shape index (κ3) is 4.41. The first-order chi connectivity index (χ1) is 14.6. The number of piperidine rings is 1. The molecule has 5 heteroatoms. The highest BCUT2D eigenvalue weighted by atomic mass is 16.5. The summed E-state index contributed by atoms with van der Waals surface area (Å²) in [7, 11) is 0. The number of benzene rings is 1. The van der Waals surface area contributed by atoms with Crippen molar-refractivity contribution in [2.24, 2.45) is 0 Å². The van der Waals surface area contributed by atoms with Gasteiger partial charge in [0.1, 0.15) is 0 Å².